The van der Waals surface area contributed by atoms with E-state index in [0.717, 1.165) is 5.56 Å². The molecule has 0 amide bonds. The molecule has 1 aliphatic rings. The molecule has 0 bridgehead atoms. The molecule has 2 heterocycles. The summed E-state index contributed by atoms with van der Waals surface area (Å²) in [6.45, 7) is 0.418. The number of aromatic nitrogens is 3. The Morgan fingerprint density at radius 2 is 2.05 bits per heavy atom. The smallest absolute Gasteiger partial charge is 0.307 e. The van der Waals surface area contributed by atoms with Gasteiger partial charge in [-0.3, -0.25) is 4.79 Å². The number of nitrogen functional groups attached to an aromatic ring is 1. The van der Waals surface area contributed by atoms with Crippen LogP contribution in [0.25, 0.3) is 0 Å². The molecule has 1 aromatic carbocycles. The molecule has 2 aromatic rings. The minimum absolute atomic E-state index is 0.155. The summed E-state index contributed by atoms with van der Waals surface area (Å²) in [6, 6.07) is 6.58. The Morgan fingerprint density at radius 3 is 2.70 bits per heavy atom. The maximum Gasteiger partial charge on any atom is 0.307 e. The summed E-state index contributed by atoms with van der Waals surface area (Å²) in [5.41, 5.74) is 6.42. The highest BCUT2D eigenvalue weighted by atomic mass is 16.4. The van der Waals surface area contributed by atoms with Crippen molar-refractivity contribution in [2.24, 2.45) is 5.92 Å². The molecule has 0 spiro atoms. The zero-order valence-electron chi connectivity index (χ0n) is 10.6. The molecular formula is C13H14N4O3. The average molecular weight is 274 g/mol. The first-order valence-electron chi connectivity index (χ1n) is 6.25. The van der Waals surface area contributed by atoms with Crippen molar-refractivity contribution in [3.8, 4) is 5.75 Å². The molecule has 2 unspecified atom stereocenters. The molecular weight excluding hydrogens is 260 g/mol. The van der Waals surface area contributed by atoms with Crippen molar-refractivity contribution in [2.45, 2.75) is 18.9 Å². The molecule has 0 aliphatic carbocycles. The number of hydrogen-bond donors (Lipinski definition) is 3. The van der Waals surface area contributed by atoms with Gasteiger partial charge in [0.2, 0.25) is 5.95 Å². The lowest BCUT2D eigenvalue weighted by Gasteiger charge is -2.28. The van der Waals surface area contributed by atoms with E-state index in [-0.39, 0.29) is 17.6 Å². The number of nitrogens with two attached hydrogens (primary N) is 1. The van der Waals surface area contributed by atoms with Crippen LogP contribution in [0.4, 0.5) is 5.95 Å². The van der Waals surface area contributed by atoms with Gasteiger partial charge in [0.1, 0.15) is 11.6 Å². The summed E-state index contributed by atoms with van der Waals surface area (Å²) >= 11 is 0. The lowest BCUT2D eigenvalue weighted by atomic mass is 9.81. The first kappa shape index (κ1) is 12.5. The number of carboxylic acids is 1. The van der Waals surface area contributed by atoms with Crippen molar-refractivity contribution in [3.05, 3.63) is 35.7 Å². The zero-order valence-corrected chi connectivity index (χ0v) is 10.6. The molecule has 0 saturated carbocycles. The van der Waals surface area contributed by atoms with Crippen molar-refractivity contribution >= 4 is 11.9 Å². The average Bonchev–Trinajstić information content (AvgIpc) is 2.77. The van der Waals surface area contributed by atoms with Gasteiger partial charge in [0, 0.05) is 12.3 Å². The summed E-state index contributed by atoms with van der Waals surface area (Å²) in [4.78, 5) is 15.5. The third-order valence-corrected chi connectivity index (χ3v) is 3.66. The van der Waals surface area contributed by atoms with E-state index in [2.05, 4.69) is 10.1 Å². The molecule has 4 N–H and O–H groups in total. The minimum atomic E-state index is -0.865. The van der Waals surface area contributed by atoms with Crippen molar-refractivity contribution in [2.75, 3.05) is 5.73 Å². The Kier molecular flexibility index (Phi) is 2.81. The van der Waals surface area contributed by atoms with E-state index in [4.69, 9.17) is 5.73 Å². The largest absolute Gasteiger partial charge is 0.508 e. The molecule has 7 nitrogen and oxygen atoms in total. The summed E-state index contributed by atoms with van der Waals surface area (Å²) in [7, 11) is 0. The van der Waals surface area contributed by atoms with Crippen LogP contribution in [0.3, 0.4) is 0 Å². The first-order valence-corrected chi connectivity index (χ1v) is 6.25. The third-order valence-electron chi connectivity index (χ3n) is 3.66. The van der Waals surface area contributed by atoms with E-state index in [1.54, 1.807) is 28.9 Å². The normalized spacial score (nSPS) is 21.4. The lowest BCUT2D eigenvalue weighted by Crippen LogP contribution is -2.33. The predicted molar refractivity (Wildman–Crippen MR) is 70.1 cm³/mol. The van der Waals surface area contributed by atoms with Crippen molar-refractivity contribution in [3.63, 3.8) is 0 Å². The number of benzene rings is 1. The fraction of sp³-hybridized carbons (Fsp3) is 0.308. The highest BCUT2D eigenvalue weighted by molar-refractivity contribution is 5.72. The SMILES string of the molecule is Nc1nc2n(n1)CC(c1ccc(O)cc1)C(C(=O)O)C2. The van der Waals surface area contributed by atoms with E-state index in [0.29, 0.717) is 18.8 Å². The second-order valence-electron chi connectivity index (χ2n) is 4.92. The van der Waals surface area contributed by atoms with Crippen LogP contribution in [0, 0.1) is 5.92 Å². The van der Waals surface area contributed by atoms with Gasteiger partial charge < -0.3 is 15.9 Å². The highest BCUT2D eigenvalue weighted by Gasteiger charge is 2.36. The van der Waals surface area contributed by atoms with Gasteiger partial charge in [-0.15, -0.1) is 5.10 Å². The summed E-state index contributed by atoms with van der Waals surface area (Å²) in [5.74, 6) is -0.740. The number of anilines is 1. The number of aromatic hydroxyl groups is 1. The molecule has 3 rings (SSSR count). The predicted octanol–water partition coefficient (Wildman–Crippen LogP) is 0.607. The maximum absolute atomic E-state index is 11.5. The van der Waals surface area contributed by atoms with Gasteiger partial charge in [0.05, 0.1) is 12.5 Å². The third kappa shape index (κ3) is 2.07. The number of rotatable bonds is 2. The number of phenolic OH excluding ortho intramolecular Hbond substituents is 1. The molecule has 0 radical (unpaired) electrons. The first-order chi connectivity index (χ1) is 9.54. The van der Waals surface area contributed by atoms with E-state index < -0.39 is 11.9 Å². The van der Waals surface area contributed by atoms with Crippen molar-refractivity contribution in [1.29, 1.82) is 0 Å². The van der Waals surface area contributed by atoms with Crippen LogP contribution in [-0.2, 0) is 17.8 Å². The van der Waals surface area contributed by atoms with Crippen molar-refractivity contribution < 1.29 is 15.0 Å². The number of aliphatic carboxylic acids is 1. The van der Waals surface area contributed by atoms with Crippen LogP contribution in [0.5, 0.6) is 5.75 Å². The van der Waals surface area contributed by atoms with Crippen LogP contribution in [0.1, 0.15) is 17.3 Å². The number of phenols is 1. The highest BCUT2D eigenvalue weighted by Crippen LogP contribution is 2.34. The molecule has 1 aliphatic heterocycles. The Labute approximate surface area is 114 Å². The number of carbonyl (C=O) groups is 1. The summed E-state index contributed by atoms with van der Waals surface area (Å²) < 4.78 is 1.66. The Morgan fingerprint density at radius 1 is 1.35 bits per heavy atom. The fourth-order valence-corrected chi connectivity index (χ4v) is 2.66. The number of nitrogens with zero attached hydrogens (tertiary/aromatic N) is 3. The van der Waals surface area contributed by atoms with E-state index in [1.165, 1.54) is 0 Å². The second-order valence-corrected chi connectivity index (χ2v) is 4.92. The Balaban J connectivity index is 1.99. The van der Waals surface area contributed by atoms with Crippen LogP contribution in [-0.4, -0.2) is 30.9 Å². The molecule has 0 fully saturated rings. The fourth-order valence-electron chi connectivity index (χ4n) is 2.66. The van der Waals surface area contributed by atoms with Crippen LogP contribution < -0.4 is 5.73 Å². The molecule has 1 aromatic heterocycles. The van der Waals surface area contributed by atoms with Gasteiger partial charge in [-0.1, -0.05) is 12.1 Å². The summed E-state index contributed by atoms with van der Waals surface area (Å²) in [6.07, 6.45) is 0.297. The van der Waals surface area contributed by atoms with Gasteiger partial charge >= 0.3 is 5.97 Å². The standard InChI is InChI=1S/C13H14N4O3/c14-13-15-11-5-9(12(19)20)10(6-17(11)16-13)7-1-3-8(18)4-2-7/h1-4,9-10,18H,5-6H2,(H2,14,16)(H,19,20). The van der Waals surface area contributed by atoms with Crippen LogP contribution in [0.15, 0.2) is 24.3 Å². The molecule has 2 atom stereocenters. The van der Waals surface area contributed by atoms with E-state index >= 15 is 0 Å². The number of carboxylic acid groups (broad SMARTS) is 1. The van der Waals surface area contributed by atoms with Crippen LogP contribution in [0.2, 0.25) is 0 Å². The Hall–Kier alpha value is -2.57. The Bertz CT molecular complexity index is 650. The second kappa shape index (κ2) is 4.52. The molecule has 20 heavy (non-hydrogen) atoms. The summed E-state index contributed by atoms with van der Waals surface area (Å²) in [5, 5.41) is 22.8. The number of hydrogen-bond acceptors (Lipinski definition) is 5. The van der Waals surface area contributed by atoms with Gasteiger partial charge in [-0.25, -0.2) is 4.68 Å². The molecule has 104 valence electrons. The van der Waals surface area contributed by atoms with Gasteiger partial charge in [-0.05, 0) is 17.7 Å². The van der Waals surface area contributed by atoms with Gasteiger partial charge in [0.15, 0.2) is 0 Å². The monoisotopic (exact) mass is 274 g/mol. The molecule has 7 heteroatoms. The van der Waals surface area contributed by atoms with Gasteiger partial charge in [-0.2, -0.15) is 4.98 Å². The molecule has 0 saturated heterocycles. The van der Waals surface area contributed by atoms with Crippen LogP contribution >= 0.6 is 0 Å². The quantitative estimate of drug-likeness (QED) is 0.739. The number of fused-ring (bicyclic) bond motifs is 1. The van der Waals surface area contributed by atoms with Crippen molar-refractivity contribution in [1.82, 2.24) is 14.8 Å². The topological polar surface area (TPSA) is 114 Å². The van der Waals surface area contributed by atoms with Gasteiger partial charge in [0.25, 0.3) is 0 Å². The van der Waals surface area contributed by atoms with E-state index in [1.807, 2.05) is 0 Å². The lowest BCUT2D eigenvalue weighted by molar-refractivity contribution is -0.143. The van der Waals surface area contributed by atoms with E-state index in [9.17, 15) is 15.0 Å². The minimum Gasteiger partial charge on any atom is -0.508 e. The maximum atomic E-state index is 11.5. The zero-order chi connectivity index (χ0) is 14.3.